The molecule has 130 valence electrons. The van der Waals surface area contributed by atoms with E-state index in [0.29, 0.717) is 11.7 Å². The van der Waals surface area contributed by atoms with Gasteiger partial charge in [-0.1, -0.05) is 72.9 Å². The number of carbonyl (C=O) groups is 1. The maximum atomic E-state index is 12.3. The Morgan fingerprint density at radius 1 is 1.00 bits per heavy atom. The van der Waals surface area contributed by atoms with Gasteiger partial charge in [-0.25, -0.2) is 9.78 Å². The molecule has 1 aromatic heterocycles. The third-order valence-electron chi connectivity index (χ3n) is 4.42. The Labute approximate surface area is 155 Å². The largest absolute Gasteiger partial charge is 0.334 e. The van der Waals surface area contributed by atoms with E-state index in [9.17, 15) is 4.79 Å². The summed E-state index contributed by atoms with van der Waals surface area (Å²) >= 11 is 1.50. The monoisotopic (exact) mass is 361 g/mol. The highest BCUT2D eigenvalue weighted by Gasteiger charge is 2.10. The van der Waals surface area contributed by atoms with Crippen LogP contribution in [0, 0.1) is 0 Å². The van der Waals surface area contributed by atoms with Crippen LogP contribution in [0.4, 0.5) is 9.93 Å². The molecule has 0 aliphatic carbocycles. The third kappa shape index (κ3) is 3.26. The molecule has 3 aromatic carbocycles. The van der Waals surface area contributed by atoms with Crippen LogP contribution in [0.3, 0.4) is 0 Å². The Balaban J connectivity index is 1.47. The number of hydrogen-bond donors (Lipinski definition) is 2. The van der Waals surface area contributed by atoms with Crippen molar-refractivity contribution in [3.8, 4) is 0 Å². The smallest absolute Gasteiger partial charge is 0.321 e. The minimum Gasteiger partial charge on any atom is -0.334 e. The van der Waals surface area contributed by atoms with Crippen molar-refractivity contribution in [2.75, 3.05) is 5.32 Å². The second-order valence-corrected chi connectivity index (χ2v) is 7.11. The molecule has 0 radical (unpaired) electrons. The number of aryl methyl sites for hydroxylation is 1. The van der Waals surface area contributed by atoms with Crippen molar-refractivity contribution in [2.45, 2.75) is 19.9 Å². The summed E-state index contributed by atoms with van der Waals surface area (Å²) in [5.41, 5.74) is 3.27. The van der Waals surface area contributed by atoms with E-state index in [0.717, 1.165) is 27.6 Å². The zero-order valence-electron chi connectivity index (χ0n) is 14.5. The Bertz CT molecular complexity index is 1080. The van der Waals surface area contributed by atoms with Crippen LogP contribution in [0.25, 0.3) is 21.0 Å². The maximum absolute atomic E-state index is 12.3. The first-order valence-corrected chi connectivity index (χ1v) is 9.46. The van der Waals surface area contributed by atoms with Gasteiger partial charge in [-0.3, -0.25) is 5.32 Å². The van der Waals surface area contributed by atoms with E-state index >= 15 is 0 Å². The van der Waals surface area contributed by atoms with E-state index in [1.807, 2.05) is 36.4 Å². The normalized spacial score (nSPS) is 11.0. The van der Waals surface area contributed by atoms with E-state index in [4.69, 9.17) is 0 Å². The molecule has 0 fully saturated rings. The summed E-state index contributed by atoms with van der Waals surface area (Å²) in [7, 11) is 0. The second kappa shape index (κ2) is 7.14. The topological polar surface area (TPSA) is 54.0 Å². The van der Waals surface area contributed by atoms with Gasteiger partial charge in [0.2, 0.25) is 0 Å². The van der Waals surface area contributed by atoms with Crippen LogP contribution < -0.4 is 10.6 Å². The van der Waals surface area contributed by atoms with Gasteiger partial charge in [0, 0.05) is 6.54 Å². The van der Waals surface area contributed by atoms with Crippen LogP contribution in [0.2, 0.25) is 0 Å². The van der Waals surface area contributed by atoms with Gasteiger partial charge in [0.15, 0.2) is 5.13 Å². The molecule has 0 saturated carbocycles. The Kier molecular flexibility index (Phi) is 4.54. The number of rotatable bonds is 4. The van der Waals surface area contributed by atoms with E-state index in [1.165, 1.54) is 22.3 Å². The van der Waals surface area contributed by atoms with Gasteiger partial charge in [-0.2, -0.15) is 0 Å². The van der Waals surface area contributed by atoms with E-state index in [1.54, 1.807) is 0 Å². The first-order valence-electron chi connectivity index (χ1n) is 8.64. The molecule has 1 heterocycles. The third-order valence-corrected chi connectivity index (χ3v) is 5.36. The van der Waals surface area contributed by atoms with E-state index in [-0.39, 0.29) is 6.03 Å². The lowest BCUT2D eigenvalue weighted by molar-refractivity contribution is 0.252. The highest BCUT2D eigenvalue weighted by molar-refractivity contribution is 7.22. The number of fused-ring (bicyclic) bond motifs is 2. The molecule has 0 unspecified atom stereocenters. The van der Waals surface area contributed by atoms with Crippen LogP contribution in [0.5, 0.6) is 0 Å². The van der Waals surface area contributed by atoms with Crippen LogP contribution in [0.15, 0.2) is 60.7 Å². The summed E-state index contributed by atoms with van der Waals surface area (Å²) in [5, 5.41) is 8.74. The van der Waals surface area contributed by atoms with Crippen molar-refractivity contribution >= 4 is 43.5 Å². The van der Waals surface area contributed by atoms with E-state index in [2.05, 4.69) is 46.8 Å². The predicted molar refractivity (Wildman–Crippen MR) is 109 cm³/mol. The average Bonchev–Trinajstić information content (AvgIpc) is 3.08. The lowest BCUT2D eigenvalue weighted by atomic mass is 10.0. The number of benzene rings is 3. The predicted octanol–water partition coefficient (Wildman–Crippen LogP) is 5.33. The van der Waals surface area contributed by atoms with Gasteiger partial charge in [0.1, 0.15) is 0 Å². The molecule has 4 nitrogen and oxygen atoms in total. The van der Waals surface area contributed by atoms with Crippen molar-refractivity contribution in [1.29, 1.82) is 0 Å². The van der Waals surface area contributed by atoms with Gasteiger partial charge in [-0.15, -0.1) is 0 Å². The summed E-state index contributed by atoms with van der Waals surface area (Å²) in [6.07, 6.45) is 0.924. The molecule has 2 amide bonds. The molecule has 0 aliphatic heterocycles. The van der Waals surface area contributed by atoms with Crippen molar-refractivity contribution in [3.05, 3.63) is 71.8 Å². The Morgan fingerprint density at radius 3 is 2.65 bits per heavy atom. The number of amides is 2. The molecule has 4 rings (SSSR count). The first kappa shape index (κ1) is 16.5. The van der Waals surface area contributed by atoms with E-state index < -0.39 is 0 Å². The number of hydrogen-bond acceptors (Lipinski definition) is 3. The van der Waals surface area contributed by atoms with Crippen molar-refractivity contribution in [2.24, 2.45) is 0 Å². The lowest BCUT2D eigenvalue weighted by Gasteiger charge is -2.08. The maximum Gasteiger partial charge on any atom is 0.321 e. The molecular formula is C21H19N3OS. The van der Waals surface area contributed by atoms with Gasteiger partial charge in [0.05, 0.1) is 10.2 Å². The number of carbonyl (C=O) groups excluding carboxylic acids is 1. The van der Waals surface area contributed by atoms with Crippen molar-refractivity contribution < 1.29 is 4.79 Å². The van der Waals surface area contributed by atoms with Crippen LogP contribution in [0.1, 0.15) is 18.1 Å². The average molecular weight is 361 g/mol. The standard InChI is InChI=1S/C21H19N3OS/c1-2-14-8-6-12-18-19(14)23-21(26-18)24-20(25)22-13-16-10-5-9-15-7-3-4-11-17(15)16/h3-12H,2,13H2,1H3,(H2,22,23,24,25). The quantitative estimate of drug-likeness (QED) is 0.516. The highest BCUT2D eigenvalue weighted by Crippen LogP contribution is 2.28. The van der Waals surface area contributed by atoms with Gasteiger partial charge in [0.25, 0.3) is 0 Å². The molecular weight excluding hydrogens is 342 g/mol. The SMILES string of the molecule is CCc1cccc2sc(NC(=O)NCc3cccc4ccccc34)nc12. The van der Waals surface area contributed by atoms with Crippen LogP contribution in [-0.2, 0) is 13.0 Å². The zero-order chi connectivity index (χ0) is 17.9. The fraction of sp³-hybridized carbons (Fsp3) is 0.143. The first-order chi connectivity index (χ1) is 12.7. The highest BCUT2D eigenvalue weighted by atomic mass is 32.1. The van der Waals surface area contributed by atoms with Gasteiger partial charge < -0.3 is 5.32 Å². The van der Waals surface area contributed by atoms with Crippen molar-refractivity contribution in [3.63, 3.8) is 0 Å². The number of para-hydroxylation sites is 1. The number of anilines is 1. The lowest BCUT2D eigenvalue weighted by Crippen LogP contribution is -2.28. The number of thiazole rings is 1. The number of urea groups is 1. The minimum atomic E-state index is -0.241. The summed E-state index contributed by atoms with van der Waals surface area (Å²) in [6, 6.07) is 20.2. The zero-order valence-corrected chi connectivity index (χ0v) is 15.3. The number of nitrogens with one attached hydrogen (secondary N) is 2. The second-order valence-electron chi connectivity index (χ2n) is 6.08. The molecule has 0 atom stereocenters. The molecule has 0 saturated heterocycles. The van der Waals surface area contributed by atoms with Crippen molar-refractivity contribution in [1.82, 2.24) is 10.3 Å². The molecule has 4 aromatic rings. The number of nitrogens with zero attached hydrogens (tertiary/aromatic N) is 1. The van der Waals surface area contributed by atoms with Gasteiger partial charge >= 0.3 is 6.03 Å². The van der Waals surface area contributed by atoms with Gasteiger partial charge in [-0.05, 0) is 34.4 Å². The fourth-order valence-corrected chi connectivity index (χ4v) is 4.02. The molecule has 0 aliphatic rings. The molecule has 26 heavy (non-hydrogen) atoms. The minimum absolute atomic E-state index is 0.241. The number of aromatic nitrogens is 1. The summed E-state index contributed by atoms with van der Waals surface area (Å²) in [5.74, 6) is 0. The molecule has 5 heteroatoms. The molecule has 0 spiro atoms. The summed E-state index contributed by atoms with van der Waals surface area (Å²) in [6.45, 7) is 2.58. The van der Waals surface area contributed by atoms with Crippen LogP contribution in [-0.4, -0.2) is 11.0 Å². The molecule has 0 bridgehead atoms. The molecule has 2 N–H and O–H groups in total. The summed E-state index contributed by atoms with van der Waals surface area (Å²) < 4.78 is 1.09. The summed E-state index contributed by atoms with van der Waals surface area (Å²) in [4.78, 5) is 16.9. The Morgan fingerprint density at radius 2 is 1.77 bits per heavy atom. The fourth-order valence-electron chi connectivity index (χ4n) is 3.11. The van der Waals surface area contributed by atoms with Crippen LogP contribution >= 0.6 is 11.3 Å². The Hall–Kier alpha value is -2.92.